The third-order valence-corrected chi connectivity index (χ3v) is 4.59. The molecule has 0 spiro atoms. The smallest absolute Gasteiger partial charge is 0.326 e. The fourth-order valence-electron chi connectivity index (χ4n) is 2.91. The van der Waals surface area contributed by atoms with Crippen LogP contribution in [0.25, 0.3) is 0 Å². The zero-order chi connectivity index (χ0) is 20.8. The van der Waals surface area contributed by atoms with Crippen molar-refractivity contribution in [2.24, 2.45) is 0 Å². The molecule has 28 heavy (non-hydrogen) atoms. The minimum Gasteiger partial charge on any atom is -0.480 e. The Morgan fingerprint density at radius 2 is 1.68 bits per heavy atom. The molecule has 156 valence electrons. The van der Waals surface area contributed by atoms with Gasteiger partial charge in [0, 0.05) is 19.4 Å². The Bertz CT molecular complexity index is 613. The Balaban J connectivity index is 2.09. The molecule has 0 aromatic heterocycles. The van der Waals surface area contributed by atoms with E-state index < -0.39 is 12.0 Å². The Labute approximate surface area is 168 Å². The van der Waals surface area contributed by atoms with Gasteiger partial charge in [0.1, 0.15) is 6.04 Å². The summed E-state index contributed by atoms with van der Waals surface area (Å²) >= 11 is 0. The molecule has 2 amide bonds. The highest BCUT2D eigenvalue weighted by Gasteiger charge is 2.18. The zero-order valence-electron chi connectivity index (χ0n) is 17.1. The average molecular weight is 391 g/mol. The molecule has 1 aromatic rings. The molecule has 0 heterocycles. The number of rotatable bonds is 14. The van der Waals surface area contributed by atoms with Gasteiger partial charge in [0.2, 0.25) is 11.8 Å². The van der Waals surface area contributed by atoms with Crippen LogP contribution in [0.4, 0.5) is 0 Å². The van der Waals surface area contributed by atoms with Gasteiger partial charge in [0.25, 0.3) is 0 Å². The largest absolute Gasteiger partial charge is 0.480 e. The number of carboxylic acid groups (broad SMARTS) is 1. The van der Waals surface area contributed by atoms with Gasteiger partial charge in [0.15, 0.2) is 0 Å². The Hall–Kier alpha value is -2.37. The minimum atomic E-state index is -1.01. The first-order valence-corrected chi connectivity index (χ1v) is 10.3. The van der Waals surface area contributed by atoms with E-state index in [0.29, 0.717) is 45.1 Å². The van der Waals surface area contributed by atoms with Gasteiger partial charge in [-0.3, -0.25) is 9.59 Å². The molecule has 0 aliphatic rings. The van der Waals surface area contributed by atoms with Crippen LogP contribution in [0.2, 0.25) is 0 Å². The van der Waals surface area contributed by atoms with Gasteiger partial charge in [-0.05, 0) is 57.4 Å². The van der Waals surface area contributed by atoms with Gasteiger partial charge in [-0.1, -0.05) is 36.8 Å². The topological polar surface area (TPSA) is 95.5 Å². The molecule has 0 fully saturated rings. The highest BCUT2D eigenvalue weighted by molar-refractivity contribution is 5.83. The van der Waals surface area contributed by atoms with Crippen LogP contribution in [-0.2, 0) is 20.8 Å². The summed E-state index contributed by atoms with van der Waals surface area (Å²) in [6.07, 6.45) is 6.05. The lowest BCUT2D eigenvalue weighted by Crippen LogP contribution is -2.40. The van der Waals surface area contributed by atoms with E-state index in [0.717, 1.165) is 19.3 Å². The van der Waals surface area contributed by atoms with Gasteiger partial charge < -0.3 is 15.7 Å². The number of carboxylic acids is 1. The normalized spacial score (nSPS) is 11.6. The quantitative estimate of drug-likeness (QED) is 0.425. The number of hydrogen-bond acceptors (Lipinski definition) is 3. The van der Waals surface area contributed by atoms with Crippen molar-refractivity contribution in [3.8, 4) is 0 Å². The maximum absolute atomic E-state index is 11.9. The number of amides is 2. The summed E-state index contributed by atoms with van der Waals surface area (Å²) in [6.45, 7) is 4.48. The number of aliphatic carboxylic acids is 1. The SMILES string of the molecule is CCCC(=O)N[C@@H](CCCCNC(=O)CCCCc1ccc(C)cc1)C(=O)O. The summed E-state index contributed by atoms with van der Waals surface area (Å²) < 4.78 is 0. The van der Waals surface area contributed by atoms with Crippen molar-refractivity contribution in [1.29, 1.82) is 0 Å². The van der Waals surface area contributed by atoms with Gasteiger partial charge in [0.05, 0.1) is 0 Å². The molecule has 0 saturated carbocycles. The van der Waals surface area contributed by atoms with Crippen LogP contribution in [-0.4, -0.2) is 35.5 Å². The van der Waals surface area contributed by atoms with Crippen LogP contribution in [0, 0.1) is 6.92 Å². The predicted molar refractivity (Wildman–Crippen MR) is 110 cm³/mol. The molecule has 6 nitrogen and oxygen atoms in total. The number of nitrogens with one attached hydrogen (secondary N) is 2. The van der Waals surface area contributed by atoms with E-state index in [1.165, 1.54) is 11.1 Å². The Kier molecular flexibility index (Phi) is 11.6. The van der Waals surface area contributed by atoms with Crippen LogP contribution in [0.1, 0.15) is 69.4 Å². The molecule has 1 atom stereocenters. The van der Waals surface area contributed by atoms with E-state index in [-0.39, 0.29) is 11.8 Å². The number of carbonyl (C=O) groups excluding carboxylic acids is 2. The summed E-state index contributed by atoms with van der Waals surface area (Å²) in [4.78, 5) is 34.6. The number of hydrogen-bond donors (Lipinski definition) is 3. The molecule has 0 aliphatic heterocycles. The molecular formula is C22H34N2O4. The number of carbonyl (C=O) groups is 3. The third kappa shape index (κ3) is 10.7. The van der Waals surface area contributed by atoms with Crippen molar-refractivity contribution in [2.75, 3.05) is 6.54 Å². The summed E-state index contributed by atoms with van der Waals surface area (Å²) in [5.41, 5.74) is 2.55. The van der Waals surface area contributed by atoms with Crippen LogP contribution >= 0.6 is 0 Å². The van der Waals surface area contributed by atoms with E-state index in [4.69, 9.17) is 5.11 Å². The zero-order valence-corrected chi connectivity index (χ0v) is 17.1. The third-order valence-electron chi connectivity index (χ3n) is 4.59. The van der Waals surface area contributed by atoms with Crippen LogP contribution in [0.15, 0.2) is 24.3 Å². The van der Waals surface area contributed by atoms with Crippen molar-refractivity contribution >= 4 is 17.8 Å². The van der Waals surface area contributed by atoms with Crippen molar-refractivity contribution in [3.63, 3.8) is 0 Å². The van der Waals surface area contributed by atoms with Crippen molar-refractivity contribution in [3.05, 3.63) is 35.4 Å². The minimum absolute atomic E-state index is 0.0370. The highest BCUT2D eigenvalue weighted by Crippen LogP contribution is 2.08. The maximum Gasteiger partial charge on any atom is 0.326 e. The van der Waals surface area contributed by atoms with E-state index >= 15 is 0 Å². The van der Waals surface area contributed by atoms with E-state index in [9.17, 15) is 14.4 Å². The highest BCUT2D eigenvalue weighted by atomic mass is 16.4. The van der Waals surface area contributed by atoms with Gasteiger partial charge in [-0.15, -0.1) is 0 Å². The summed E-state index contributed by atoms with van der Waals surface area (Å²) in [5.74, 6) is -1.20. The molecule has 6 heteroatoms. The van der Waals surface area contributed by atoms with Crippen LogP contribution < -0.4 is 10.6 Å². The van der Waals surface area contributed by atoms with E-state index in [2.05, 4.69) is 41.8 Å². The van der Waals surface area contributed by atoms with Crippen molar-refractivity contribution < 1.29 is 19.5 Å². The summed E-state index contributed by atoms with van der Waals surface area (Å²) in [6, 6.07) is 7.62. The second-order valence-corrected chi connectivity index (χ2v) is 7.25. The lowest BCUT2D eigenvalue weighted by Gasteiger charge is -2.14. The summed E-state index contributed by atoms with van der Waals surface area (Å²) in [5, 5.41) is 14.6. The molecule has 0 saturated heterocycles. The monoisotopic (exact) mass is 390 g/mol. The summed E-state index contributed by atoms with van der Waals surface area (Å²) in [7, 11) is 0. The van der Waals surface area contributed by atoms with Gasteiger partial charge in [-0.25, -0.2) is 4.79 Å². The van der Waals surface area contributed by atoms with Crippen LogP contribution in [0.5, 0.6) is 0 Å². The predicted octanol–water partition coefficient (Wildman–Crippen LogP) is 3.36. The number of unbranched alkanes of at least 4 members (excludes halogenated alkanes) is 2. The Morgan fingerprint density at radius 1 is 0.964 bits per heavy atom. The second-order valence-electron chi connectivity index (χ2n) is 7.25. The lowest BCUT2D eigenvalue weighted by atomic mass is 10.1. The first kappa shape index (κ1) is 23.7. The van der Waals surface area contributed by atoms with Crippen molar-refractivity contribution in [1.82, 2.24) is 10.6 Å². The first-order valence-electron chi connectivity index (χ1n) is 10.3. The standard InChI is InChI=1S/C22H34N2O4/c1-3-8-21(26)24-19(22(27)28)10-6-7-16-23-20(25)11-5-4-9-18-14-12-17(2)13-15-18/h12-15,19H,3-11,16H2,1-2H3,(H,23,25)(H,24,26)(H,27,28)/t19-/m0/s1. The van der Waals surface area contributed by atoms with Gasteiger partial charge in [-0.2, -0.15) is 0 Å². The molecule has 1 rings (SSSR count). The van der Waals surface area contributed by atoms with E-state index in [1.807, 2.05) is 6.92 Å². The van der Waals surface area contributed by atoms with Gasteiger partial charge >= 0.3 is 5.97 Å². The first-order chi connectivity index (χ1) is 13.4. The van der Waals surface area contributed by atoms with E-state index in [1.54, 1.807) is 0 Å². The average Bonchev–Trinajstić information content (AvgIpc) is 2.65. The Morgan fingerprint density at radius 3 is 2.32 bits per heavy atom. The lowest BCUT2D eigenvalue weighted by molar-refractivity contribution is -0.142. The number of aryl methyl sites for hydroxylation is 2. The molecule has 0 unspecified atom stereocenters. The molecule has 0 aliphatic carbocycles. The molecule has 0 radical (unpaired) electrons. The molecular weight excluding hydrogens is 356 g/mol. The maximum atomic E-state index is 11.9. The molecule has 0 bridgehead atoms. The second kappa shape index (κ2) is 13.7. The fraction of sp³-hybridized carbons (Fsp3) is 0.591. The van der Waals surface area contributed by atoms with Crippen molar-refractivity contribution in [2.45, 2.75) is 77.7 Å². The molecule has 1 aromatic carbocycles. The molecule has 3 N–H and O–H groups in total. The fourth-order valence-corrected chi connectivity index (χ4v) is 2.91. The number of benzene rings is 1. The van der Waals surface area contributed by atoms with Crippen LogP contribution in [0.3, 0.4) is 0 Å².